The van der Waals surface area contributed by atoms with E-state index in [1.54, 1.807) is 36.5 Å². The van der Waals surface area contributed by atoms with E-state index >= 15 is 0 Å². The molecule has 9 heteroatoms. The van der Waals surface area contributed by atoms with Crippen LogP contribution in [-0.2, 0) is 10.0 Å². The fraction of sp³-hybridized carbons (Fsp3) is 0. The summed E-state index contributed by atoms with van der Waals surface area (Å²) in [6, 6.07) is 19.8. The van der Waals surface area contributed by atoms with Crippen molar-refractivity contribution in [2.24, 2.45) is 0 Å². The van der Waals surface area contributed by atoms with E-state index in [2.05, 4.69) is 20.0 Å². The molecule has 4 aromatic rings. The quantitative estimate of drug-likeness (QED) is 0.470. The average molecular weight is 437 g/mol. The van der Waals surface area contributed by atoms with Crippen molar-refractivity contribution in [3.63, 3.8) is 0 Å². The molecule has 0 atom stereocenters. The number of rotatable bonds is 6. The summed E-state index contributed by atoms with van der Waals surface area (Å²) in [4.78, 5) is 21.3. The van der Waals surface area contributed by atoms with Crippen LogP contribution in [0.5, 0.6) is 0 Å². The molecule has 2 aromatic heterocycles. The first-order chi connectivity index (χ1) is 14.5. The Labute approximate surface area is 177 Å². The zero-order valence-electron chi connectivity index (χ0n) is 15.5. The first-order valence-corrected chi connectivity index (χ1v) is 11.2. The molecule has 2 aromatic carbocycles. The summed E-state index contributed by atoms with van der Waals surface area (Å²) in [7, 11) is -3.68. The molecule has 0 aliphatic rings. The summed E-state index contributed by atoms with van der Waals surface area (Å²) in [5.74, 6) is -0.339. The zero-order valence-corrected chi connectivity index (χ0v) is 17.2. The highest BCUT2D eigenvalue weighted by molar-refractivity contribution is 7.92. The fourth-order valence-corrected chi connectivity index (χ4v) is 4.41. The average Bonchev–Trinajstić information content (AvgIpc) is 3.24. The summed E-state index contributed by atoms with van der Waals surface area (Å²) in [5.41, 5.74) is 2.15. The van der Waals surface area contributed by atoms with E-state index < -0.39 is 10.0 Å². The maximum atomic E-state index is 12.5. The molecule has 0 saturated carbocycles. The van der Waals surface area contributed by atoms with Crippen LogP contribution >= 0.6 is 11.3 Å². The van der Waals surface area contributed by atoms with Crippen molar-refractivity contribution in [3.05, 3.63) is 89.9 Å². The molecule has 30 heavy (non-hydrogen) atoms. The number of amides is 1. The summed E-state index contributed by atoms with van der Waals surface area (Å²) in [6.45, 7) is 0. The number of nitrogens with zero attached hydrogens (tertiary/aromatic N) is 2. The molecule has 2 N–H and O–H groups in total. The number of carbonyl (C=O) groups is 1. The van der Waals surface area contributed by atoms with Gasteiger partial charge in [-0.05, 0) is 48.5 Å². The number of pyridine rings is 1. The van der Waals surface area contributed by atoms with Gasteiger partial charge in [0, 0.05) is 22.8 Å². The van der Waals surface area contributed by atoms with Gasteiger partial charge in [0.15, 0.2) is 5.13 Å². The van der Waals surface area contributed by atoms with Gasteiger partial charge in [-0.25, -0.2) is 13.4 Å². The molecular formula is C21H16N4O3S2. The zero-order chi connectivity index (χ0) is 21.0. The van der Waals surface area contributed by atoms with Crippen molar-refractivity contribution in [3.8, 4) is 11.4 Å². The third kappa shape index (κ3) is 4.53. The minimum Gasteiger partial charge on any atom is -0.298 e. The first kappa shape index (κ1) is 19.7. The van der Waals surface area contributed by atoms with Crippen molar-refractivity contribution >= 4 is 38.1 Å². The fourth-order valence-electron chi connectivity index (χ4n) is 2.64. The summed E-state index contributed by atoms with van der Waals surface area (Å²) >= 11 is 1.30. The van der Waals surface area contributed by atoms with Crippen LogP contribution in [0.25, 0.3) is 11.4 Å². The van der Waals surface area contributed by atoms with Gasteiger partial charge in [-0.2, -0.15) is 0 Å². The highest BCUT2D eigenvalue weighted by Gasteiger charge is 2.14. The highest BCUT2D eigenvalue weighted by Crippen LogP contribution is 2.24. The van der Waals surface area contributed by atoms with E-state index in [4.69, 9.17) is 0 Å². The van der Waals surface area contributed by atoms with Gasteiger partial charge >= 0.3 is 0 Å². The largest absolute Gasteiger partial charge is 0.298 e. The van der Waals surface area contributed by atoms with Crippen molar-refractivity contribution in [1.82, 2.24) is 9.97 Å². The number of benzene rings is 2. The molecule has 150 valence electrons. The maximum Gasteiger partial charge on any atom is 0.261 e. The van der Waals surface area contributed by atoms with Crippen LogP contribution in [0.4, 0.5) is 10.8 Å². The van der Waals surface area contributed by atoms with E-state index in [1.165, 1.54) is 35.6 Å². The van der Waals surface area contributed by atoms with E-state index in [0.717, 1.165) is 5.69 Å². The Kier molecular flexibility index (Phi) is 5.55. The molecule has 0 spiro atoms. The number of thiazole rings is 1. The molecule has 0 radical (unpaired) electrons. The van der Waals surface area contributed by atoms with E-state index in [9.17, 15) is 13.2 Å². The van der Waals surface area contributed by atoms with Gasteiger partial charge in [-0.3, -0.25) is 19.8 Å². The minimum atomic E-state index is -3.68. The molecular weight excluding hydrogens is 420 g/mol. The van der Waals surface area contributed by atoms with Crippen LogP contribution in [0.1, 0.15) is 10.4 Å². The lowest BCUT2D eigenvalue weighted by molar-refractivity contribution is 0.102. The second kappa shape index (κ2) is 8.44. The topological polar surface area (TPSA) is 101 Å². The van der Waals surface area contributed by atoms with E-state index in [0.29, 0.717) is 22.1 Å². The summed E-state index contributed by atoms with van der Waals surface area (Å²) in [6.07, 6.45) is 1.68. The third-order valence-corrected chi connectivity index (χ3v) is 6.26. The van der Waals surface area contributed by atoms with E-state index in [-0.39, 0.29) is 10.8 Å². The number of nitrogens with one attached hydrogen (secondary N) is 2. The monoisotopic (exact) mass is 436 g/mol. The Morgan fingerprint density at radius 2 is 1.60 bits per heavy atom. The Balaban J connectivity index is 1.43. The van der Waals surface area contributed by atoms with E-state index in [1.807, 2.05) is 23.6 Å². The normalized spacial score (nSPS) is 11.1. The van der Waals surface area contributed by atoms with Gasteiger partial charge in [0.1, 0.15) is 5.69 Å². The number of hydrogen-bond acceptors (Lipinski definition) is 6. The molecule has 7 nitrogen and oxygen atoms in total. The van der Waals surface area contributed by atoms with Crippen LogP contribution < -0.4 is 10.0 Å². The number of anilines is 2. The molecule has 0 fully saturated rings. The molecule has 0 aliphatic heterocycles. The van der Waals surface area contributed by atoms with Gasteiger partial charge in [0.05, 0.1) is 10.6 Å². The minimum absolute atomic E-state index is 0.166. The van der Waals surface area contributed by atoms with Crippen LogP contribution in [0, 0.1) is 0 Å². The predicted molar refractivity (Wildman–Crippen MR) is 117 cm³/mol. The Morgan fingerprint density at radius 1 is 0.867 bits per heavy atom. The number of hydrogen-bond donors (Lipinski definition) is 2. The van der Waals surface area contributed by atoms with Crippen LogP contribution in [-0.4, -0.2) is 24.3 Å². The highest BCUT2D eigenvalue weighted by atomic mass is 32.2. The third-order valence-electron chi connectivity index (χ3n) is 4.10. The van der Waals surface area contributed by atoms with Crippen molar-refractivity contribution in [2.75, 3.05) is 10.0 Å². The van der Waals surface area contributed by atoms with Crippen LogP contribution in [0.3, 0.4) is 0 Å². The number of sulfonamides is 1. The second-order valence-corrected chi connectivity index (χ2v) is 8.74. The van der Waals surface area contributed by atoms with Gasteiger partial charge in [0.2, 0.25) is 0 Å². The first-order valence-electron chi connectivity index (χ1n) is 8.87. The maximum absolute atomic E-state index is 12.5. The molecule has 0 unspecified atom stereocenters. The van der Waals surface area contributed by atoms with Crippen molar-refractivity contribution in [1.29, 1.82) is 0 Å². The Bertz CT molecular complexity index is 1260. The van der Waals surface area contributed by atoms with Gasteiger partial charge in [-0.1, -0.05) is 24.3 Å². The molecule has 0 aliphatic carbocycles. The molecule has 0 saturated heterocycles. The summed E-state index contributed by atoms with van der Waals surface area (Å²) < 4.78 is 27.3. The number of carbonyl (C=O) groups excluding carboxylic acids is 1. The Hall–Kier alpha value is -3.56. The summed E-state index contributed by atoms with van der Waals surface area (Å²) in [5, 5.41) is 5.02. The SMILES string of the molecule is O=C(Nc1nc(-c2ccccn2)cs1)c1ccc(NS(=O)(=O)c2ccccc2)cc1. The van der Waals surface area contributed by atoms with Crippen molar-refractivity contribution < 1.29 is 13.2 Å². The standard InChI is InChI=1S/C21H16N4O3S2/c26-20(24-21-23-19(14-29-21)18-8-4-5-13-22-18)15-9-11-16(12-10-15)25-30(27,28)17-6-2-1-3-7-17/h1-14,25H,(H,23,24,26). The molecule has 4 rings (SSSR count). The molecule has 0 bridgehead atoms. The Morgan fingerprint density at radius 3 is 2.30 bits per heavy atom. The van der Waals surface area contributed by atoms with Crippen molar-refractivity contribution in [2.45, 2.75) is 4.90 Å². The van der Waals surface area contributed by atoms with Gasteiger partial charge < -0.3 is 0 Å². The van der Waals surface area contributed by atoms with Crippen LogP contribution in [0.15, 0.2) is 89.3 Å². The van der Waals surface area contributed by atoms with Gasteiger partial charge in [0.25, 0.3) is 15.9 Å². The number of aromatic nitrogens is 2. The van der Waals surface area contributed by atoms with Crippen LogP contribution in [0.2, 0.25) is 0 Å². The lowest BCUT2D eigenvalue weighted by Crippen LogP contribution is -2.14. The second-order valence-electron chi connectivity index (χ2n) is 6.20. The van der Waals surface area contributed by atoms with Gasteiger partial charge in [-0.15, -0.1) is 11.3 Å². The predicted octanol–water partition coefficient (Wildman–Crippen LogP) is 4.26. The molecule has 2 heterocycles. The smallest absolute Gasteiger partial charge is 0.261 e. The molecule has 1 amide bonds. The lowest BCUT2D eigenvalue weighted by atomic mass is 10.2. The lowest BCUT2D eigenvalue weighted by Gasteiger charge is -2.08.